The number of hydrogen-bond donors (Lipinski definition) is 1. The number of fused-ring (bicyclic) bond motifs is 1. The molecule has 29 heavy (non-hydrogen) atoms. The number of hydrogen-bond acceptors (Lipinski definition) is 4. The lowest BCUT2D eigenvalue weighted by molar-refractivity contribution is -0.135. The summed E-state index contributed by atoms with van der Waals surface area (Å²) in [7, 11) is 0. The normalized spacial score (nSPS) is 13.3. The van der Waals surface area contributed by atoms with Crippen molar-refractivity contribution >= 4 is 11.8 Å². The summed E-state index contributed by atoms with van der Waals surface area (Å²) in [6, 6.07) is 15.6. The molecule has 0 aliphatic carbocycles. The maximum Gasteiger partial charge on any atom is 0.251 e. The van der Waals surface area contributed by atoms with Crippen LogP contribution in [0.1, 0.15) is 38.4 Å². The summed E-state index contributed by atoms with van der Waals surface area (Å²) in [5.74, 6) is -0.130. The average molecular weight is 389 g/mol. The molecule has 0 bridgehead atoms. The maximum atomic E-state index is 12.6. The summed E-state index contributed by atoms with van der Waals surface area (Å²) in [5.41, 5.74) is 5.33. The molecule has 0 saturated heterocycles. The minimum atomic E-state index is -0.141. The third kappa shape index (κ3) is 4.03. The van der Waals surface area contributed by atoms with Gasteiger partial charge in [0.1, 0.15) is 12.2 Å². The van der Waals surface area contributed by atoms with E-state index in [0.717, 1.165) is 22.4 Å². The highest BCUT2D eigenvalue weighted by atomic mass is 16.2. The largest absolute Gasteiger partial charge is 0.346 e. The van der Waals surface area contributed by atoms with Crippen LogP contribution in [0.5, 0.6) is 0 Å². The van der Waals surface area contributed by atoms with Gasteiger partial charge in [-0.3, -0.25) is 9.59 Å². The Morgan fingerprint density at radius 3 is 2.66 bits per heavy atom. The maximum absolute atomic E-state index is 12.6. The van der Waals surface area contributed by atoms with Gasteiger partial charge in [0, 0.05) is 12.1 Å². The lowest BCUT2D eigenvalue weighted by Gasteiger charge is -2.27. The highest BCUT2D eigenvalue weighted by Crippen LogP contribution is 2.18. The van der Waals surface area contributed by atoms with Gasteiger partial charge >= 0.3 is 0 Å². The Labute approximate surface area is 169 Å². The monoisotopic (exact) mass is 389 g/mol. The molecule has 1 aliphatic rings. The van der Waals surface area contributed by atoms with Crippen molar-refractivity contribution < 1.29 is 9.59 Å². The second kappa shape index (κ2) is 7.87. The molecule has 1 aromatic heterocycles. The molecule has 0 fully saturated rings. The van der Waals surface area contributed by atoms with Crippen LogP contribution >= 0.6 is 0 Å². The molecule has 0 radical (unpaired) electrons. The molecule has 2 amide bonds. The number of benzene rings is 2. The van der Waals surface area contributed by atoms with Gasteiger partial charge in [-0.15, -0.1) is 5.10 Å². The van der Waals surface area contributed by atoms with Crippen LogP contribution in [0.4, 0.5) is 0 Å². The molecule has 1 aliphatic heterocycles. The zero-order chi connectivity index (χ0) is 20.4. The van der Waals surface area contributed by atoms with Gasteiger partial charge < -0.3 is 10.2 Å². The van der Waals surface area contributed by atoms with E-state index in [0.29, 0.717) is 24.3 Å². The minimum absolute atomic E-state index is 0.0112. The van der Waals surface area contributed by atoms with Crippen molar-refractivity contribution in [3.05, 3.63) is 82.2 Å². The van der Waals surface area contributed by atoms with Gasteiger partial charge in [0.25, 0.3) is 5.91 Å². The van der Waals surface area contributed by atoms with Gasteiger partial charge in [-0.2, -0.15) is 0 Å². The highest BCUT2D eigenvalue weighted by Gasteiger charge is 2.27. The molecule has 2 aromatic carbocycles. The summed E-state index contributed by atoms with van der Waals surface area (Å²) in [6.45, 7) is 5.33. The van der Waals surface area contributed by atoms with Crippen molar-refractivity contribution in [1.82, 2.24) is 25.2 Å². The van der Waals surface area contributed by atoms with E-state index in [-0.39, 0.29) is 24.9 Å². The van der Waals surface area contributed by atoms with Gasteiger partial charge in [0.05, 0.1) is 18.8 Å². The molecule has 0 unspecified atom stereocenters. The molecular formula is C22H23N5O2. The molecule has 3 aromatic rings. The highest BCUT2D eigenvalue weighted by molar-refractivity contribution is 5.95. The van der Waals surface area contributed by atoms with Gasteiger partial charge in [-0.05, 0) is 31.0 Å². The predicted octanol–water partition coefficient (Wildman–Crippen LogP) is 2.37. The Bertz CT molecular complexity index is 1060. The predicted molar refractivity (Wildman–Crippen MR) is 108 cm³/mol. The fourth-order valence-electron chi connectivity index (χ4n) is 3.58. The summed E-state index contributed by atoms with van der Waals surface area (Å²) < 4.78 is 1.63. The van der Waals surface area contributed by atoms with Gasteiger partial charge in [0.2, 0.25) is 5.91 Å². The van der Waals surface area contributed by atoms with E-state index in [1.165, 1.54) is 0 Å². The van der Waals surface area contributed by atoms with Gasteiger partial charge in [-0.25, -0.2) is 4.68 Å². The average Bonchev–Trinajstić information content (AvgIpc) is 3.09. The zero-order valence-electron chi connectivity index (χ0n) is 16.6. The van der Waals surface area contributed by atoms with Crippen molar-refractivity contribution in [2.24, 2.45) is 0 Å². The zero-order valence-corrected chi connectivity index (χ0v) is 16.6. The number of carbonyl (C=O) groups excluding carboxylic acids is 2. The van der Waals surface area contributed by atoms with Crippen molar-refractivity contribution in [3.8, 4) is 0 Å². The Morgan fingerprint density at radius 1 is 1.10 bits per heavy atom. The van der Waals surface area contributed by atoms with Crippen LogP contribution in [-0.2, 0) is 31.0 Å². The number of rotatable bonds is 5. The molecule has 4 rings (SSSR count). The lowest BCUT2D eigenvalue weighted by atomic mass is 10.1. The fourth-order valence-corrected chi connectivity index (χ4v) is 3.58. The first-order chi connectivity index (χ1) is 14.0. The second-order valence-corrected chi connectivity index (χ2v) is 7.38. The van der Waals surface area contributed by atoms with E-state index in [2.05, 4.69) is 15.6 Å². The summed E-state index contributed by atoms with van der Waals surface area (Å²) >= 11 is 0. The first kappa shape index (κ1) is 18.9. The first-order valence-corrected chi connectivity index (χ1v) is 9.59. The van der Waals surface area contributed by atoms with E-state index in [9.17, 15) is 9.59 Å². The quantitative estimate of drug-likeness (QED) is 0.727. The van der Waals surface area contributed by atoms with E-state index in [1.807, 2.05) is 62.4 Å². The number of aryl methyl sites for hydroxylation is 2. The summed E-state index contributed by atoms with van der Waals surface area (Å²) in [5, 5.41) is 11.2. The molecule has 0 saturated carbocycles. The standard InChI is InChI=1S/C22H23N5O2/c1-15-8-9-18(16(2)10-15)22(29)23-11-19-20-13-26(12-17-6-4-3-5-7-17)21(28)14-27(20)25-24-19/h3-10H,11-14H2,1-2H3,(H,23,29). The van der Waals surface area contributed by atoms with Crippen molar-refractivity contribution in [1.29, 1.82) is 0 Å². The molecule has 7 heteroatoms. The van der Waals surface area contributed by atoms with E-state index in [4.69, 9.17) is 0 Å². The second-order valence-electron chi connectivity index (χ2n) is 7.38. The van der Waals surface area contributed by atoms with Gasteiger partial charge in [-0.1, -0.05) is 53.2 Å². The SMILES string of the molecule is Cc1ccc(C(=O)NCc2nnn3c2CN(Cc2ccccc2)C(=O)C3)c(C)c1. The Kier molecular flexibility index (Phi) is 5.12. The van der Waals surface area contributed by atoms with Crippen LogP contribution in [0.3, 0.4) is 0 Å². The Hall–Kier alpha value is -3.48. The number of nitrogens with one attached hydrogen (secondary N) is 1. The molecule has 148 valence electrons. The van der Waals surface area contributed by atoms with E-state index < -0.39 is 0 Å². The summed E-state index contributed by atoms with van der Waals surface area (Å²) in [4.78, 5) is 26.8. The van der Waals surface area contributed by atoms with Crippen LogP contribution in [0, 0.1) is 13.8 Å². The van der Waals surface area contributed by atoms with Crippen LogP contribution < -0.4 is 5.32 Å². The number of carbonyl (C=O) groups is 2. The third-order valence-electron chi connectivity index (χ3n) is 5.16. The first-order valence-electron chi connectivity index (χ1n) is 9.59. The fraction of sp³-hybridized carbons (Fsp3) is 0.273. The van der Waals surface area contributed by atoms with Gasteiger partial charge in [0.15, 0.2) is 0 Å². The topological polar surface area (TPSA) is 80.1 Å². The molecule has 7 nitrogen and oxygen atoms in total. The third-order valence-corrected chi connectivity index (χ3v) is 5.16. The molecule has 0 spiro atoms. The number of nitrogens with zero attached hydrogens (tertiary/aromatic N) is 4. The van der Waals surface area contributed by atoms with Crippen molar-refractivity contribution in [3.63, 3.8) is 0 Å². The summed E-state index contributed by atoms with van der Waals surface area (Å²) in [6.07, 6.45) is 0. The molecule has 2 heterocycles. The van der Waals surface area contributed by atoms with Crippen LogP contribution in [0.2, 0.25) is 0 Å². The van der Waals surface area contributed by atoms with Crippen LogP contribution in [-0.4, -0.2) is 31.7 Å². The van der Waals surface area contributed by atoms with Crippen LogP contribution in [0.25, 0.3) is 0 Å². The number of amides is 2. The Balaban J connectivity index is 1.46. The molecule has 0 atom stereocenters. The van der Waals surface area contributed by atoms with Crippen molar-refractivity contribution in [2.75, 3.05) is 0 Å². The molecule has 1 N–H and O–H groups in total. The van der Waals surface area contributed by atoms with E-state index in [1.54, 1.807) is 9.58 Å². The van der Waals surface area contributed by atoms with Crippen molar-refractivity contribution in [2.45, 2.75) is 40.0 Å². The number of aromatic nitrogens is 3. The van der Waals surface area contributed by atoms with Crippen LogP contribution in [0.15, 0.2) is 48.5 Å². The minimum Gasteiger partial charge on any atom is -0.346 e. The Morgan fingerprint density at radius 2 is 1.90 bits per heavy atom. The smallest absolute Gasteiger partial charge is 0.251 e. The van der Waals surface area contributed by atoms with E-state index >= 15 is 0 Å². The molecular weight excluding hydrogens is 366 g/mol. The lowest BCUT2D eigenvalue weighted by Crippen LogP contribution is -2.39.